The van der Waals surface area contributed by atoms with E-state index in [1.807, 2.05) is 0 Å². The van der Waals surface area contributed by atoms with E-state index < -0.39 is 0 Å². The van der Waals surface area contributed by atoms with Crippen LogP contribution in [0.3, 0.4) is 0 Å². The molecule has 0 aliphatic carbocycles. The molecule has 3 heteroatoms. The number of nitrogens with zero attached hydrogens (tertiary/aromatic N) is 3. The third kappa shape index (κ3) is 4.94. The second kappa shape index (κ2) is 12.2. The first-order valence-electron chi connectivity index (χ1n) is 18.4. The van der Waals surface area contributed by atoms with Crippen molar-refractivity contribution in [2.75, 3.05) is 0 Å². The second-order valence-corrected chi connectivity index (χ2v) is 14.0. The van der Waals surface area contributed by atoms with Crippen molar-refractivity contribution in [3.63, 3.8) is 0 Å². The number of para-hydroxylation sites is 1. The fourth-order valence-electron chi connectivity index (χ4n) is 8.21. The van der Waals surface area contributed by atoms with Gasteiger partial charge in [0.1, 0.15) is 0 Å². The summed E-state index contributed by atoms with van der Waals surface area (Å²) in [4.78, 5) is 15.9. The van der Waals surface area contributed by atoms with Crippen molar-refractivity contribution >= 4 is 64.8 Å². The average Bonchev–Trinajstić information content (AvgIpc) is 3.25. The van der Waals surface area contributed by atoms with Gasteiger partial charge in [0.25, 0.3) is 0 Å². The molecular formula is C51H31N3. The second-order valence-electron chi connectivity index (χ2n) is 14.0. The predicted octanol–water partition coefficient (Wildman–Crippen LogP) is 13.5. The van der Waals surface area contributed by atoms with Gasteiger partial charge < -0.3 is 0 Å². The minimum atomic E-state index is 0.693. The average molecular weight is 686 g/mol. The van der Waals surface area contributed by atoms with E-state index >= 15 is 0 Å². The number of benzene rings is 9. The Labute approximate surface area is 311 Å². The fourth-order valence-corrected chi connectivity index (χ4v) is 8.21. The molecule has 0 amide bonds. The molecule has 0 saturated carbocycles. The molecule has 0 radical (unpaired) electrons. The van der Waals surface area contributed by atoms with Crippen molar-refractivity contribution in [1.29, 1.82) is 0 Å². The number of aromatic nitrogens is 3. The van der Waals surface area contributed by atoms with Gasteiger partial charge in [0.05, 0.1) is 22.6 Å². The SMILES string of the molecule is c1cc(-c2cc(-c3ccc4ccccc4c3)nc(-c3ccc4ccccc4c3)n2)cc(-c2nc3ccccc3c3c4ccccc4c4ccccc4c23)c1. The molecule has 0 spiro atoms. The van der Waals surface area contributed by atoms with Gasteiger partial charge >= 0.3 is 0 Å². The lowest BCUT2D eigenvalue weighted by molar-refractivity contribution is 1.18. The van der Waals surface area contributed by atoms with Crippen molar-refractivity contribution in [1.82, 2.24) is 15.0 Å². The molecule has 11 aromatic rings. The molecule has 0 aliphatic rings. The maximum absolute atomic E-state index is 5.42. The van der Waals surface area contributed by atoms with Crippen molar-refractivity contribution in [2.45, 2.75) is 0 Å². The molecule has 0 atom stereocenters. The van der Waals surface area contributed by atoms with E-state index in [4.69, 9.17) is 15.0 Å². The lowest BCUT2D eigenvalue weighted by Crippen LogP contribution is -1.97. The van der Waals surface area contributed by atoms with Crippen LogP contribution in [0.15, 0.2) is 188 Å². The van der Waals surface area contributed by atoms with Gasteiger partial charge in [-0.1, -0.05) is 158 Å². The Kier molecular flexibility index (Phi) is 6.86. The predicted molar refractivity (Wildman–Crippen MR) is 227 cm³/mol. The summed E-state index contributed by atoms with van der Waals surface area (Å²) < 4.78 is 0. The zero-order chi connectivity index (χ0) is 35.6. The van der Waals surface area contributed by atoms with E-state index in [0.717, 1.165) is 61.0 Å². The summed E-state index contributed by atoms with van der Waals surface area (Å²) >= 11 is 0. The first kappa shape index (κ1) is 30.4. The van der Waals surface area contributed by atoms with Gasteiger partial charge in [-0.05, 0) is 73.4 Å². The maximum atomic E-state index is 5.42. The number of fused-ring (bicyclic) bond motifs is 10. The third-order valence-electron chi connectivity index (χ3n) is 10.8. The highest BCUT2D eigenvalue weighted by atomic mass is 14.9. The van der Waals surface area contributed by atoms with Gasteiger partial charge in [0, 0.05) is 38.4 Å². The molecule has 0 N–H and O–H groups in total. The Balaban J connectivity index is 1.16. The summed E-state index contributed by atoms with van der Waals surface area (Å²) in [6.07, 6.45) is 0. The van der Waals surface area contributed by atoms with Crippen LogP contribution in [-0.4, -0.2) is 15.0 Å². The van der Waals surface area contributed by atoms with Gasteiger partial charge in [-0.2, -0.15) is 0 Å². The van der Waals surface area contributed by atoms with Gasteiger partial charge in [0.2, 0.25) is 0 Å². The molecule has 2 aromatic heterocycles. The summed E-state index contributed by atoms with van der Waals surface area (Å²) in [7, 11) is 0. The summed E-state index contributed by atoms with van der Waals surface area (Å²) in [6.45, 7) is 0. The van der Waals surface area contributed by atoms with Crippen LogP contribution in [0.5, 0.6) is 0 Å². The molecule has 54 heavy (non-hydrogen) atoms. The monoisotopic (exact) mass is 685 g/mol. The molecule has 0 unspecified atom stereocenters. The summed E-state index contributed by atoms with van der Waals surface area (Å²) in [6, 6.07) is 66.8. The van der Waals surface area contributed by atoms with Crippen LogP contribution in [0.25, 0.3) is 110 Å². The van der Waals surface area contributed by atoms with Crippen LogP contribution in [0.4, 0.5) is 0 Å². The van der Waals surface area contributed by atoms with Crippen molar-refractivity contribution in [3.05, 3.63) is 188 Å². The highest BCUT2D eigenvalue weighted by Gasteiger charge is 2.19. The van der Waals surface area contributed by atoms with Crippen LogP contribution >= 0.6 is 0 Å². The van der Waals surface area contributed by atoms with E-state index in [1.54, 1.807) is 0 Å². The summed E-state index contributed by atoms with van der Waals surface area (Å²) in [5.41, 5.74) is 7.76. The Morgan fingerprint density at radius 2 is 0.778 bits per heavy atom. The Hall–Kier alpha value is -7.23. The number of pyridine rings is 1. The first-order chi connectivity index (χ1) is 26.7. The van der Waals surface area contributed by atoms with Crippen molar-refractivity contribution in [2.24, 2.45) is 0 Å². The van der Waals surface area contributed by atoms with Gasteiger partial charge in [-0.3, -0.25) is 0 Å². The molecule has 250 valence electrons. The Morgan fingerprint density at radius 3 is 1.46 bits per heavy atom. The standard InChI is InChI=1S/C51H31N3/c1-3-14-34-28-37(26-24-32(34)12-1)47-31-46(53-51(54-47)39-27-25-33-13-2-4-15-35(33)29-39)36-16-11-17-38(30-36)50-49-43-21-8-6-19-41(43)40-18-5-7-20-42(40)48(49)44-22-9-10-23-45(44)52-50/h1-31H. The van der Waals surface area contributed by atoms with Crippen LogP contribution < -0.4 is 0 Å². The summed E-state index contributed by atoms with van der Waals surface area (Å²) in [5, 5.41) is 13.2. The molecule has 0 fully saturated rings. The molecule has 11 rings (SSSR count). The third-order valence-corrected chi connectivity index (χ3v) is 10.8. The van der Waals surface area contributed by atoms with Crippen molar-refractivity contribution < 1.29 is 0 Å². The van der Waals surface area contributed by atoms with Crippen molar-refractivity contribution in [3.8, 4) is 45.2 Å². The number of hydrogen-bond donors (Lipinski definition) is 0. The molecule has 9 aromatic carbocycles. The zero-order valence-electron chi connectivity index (χ0n) is 29.2. The molecule has 0 aliphatic heterocycles. The van der Waals surface area contributed by atoms with Crippen LogP contribution in [0, 0.1) is 0 Å². The van der Waals surface area contributed by atoms with Crippen LogP contribution in [-0.2, 0) is 0 Å². The first-order valence-corrected chi connectivity index (χ1v) is 18.4. The van der Waals surface area contributed by atoms with E-state index in [1.165, 1.54) is 43.1 Å². The van der Waals surface area contributed by atoms with Crippen LogP contribution in [0.2, 0.25) is 0 Å². The Morgan fingerprint density at radius 1 is 0.278 bits per heavy atom. The smallest absolute Gasteiger partial charge is 0.160 e. The molecule has 3 nitrogen and oxygen atoms in total. The van der Waals surface area contributed by atoms with Gasteiger partial charge in [0.15, 0.2) is 5.82 Å². The quantitative estimate of drug-likeness (QED) is 0.173. The molecular weight excluding hydrogens is 655 g/mol. The number of hydrogen-bond acceptors (Lipinski definition) is 3. The number of rotatable bonds is 4. The van der Waals surface area contributed by atoms with E-state index in [9.17, 15) is 0 Å². The van der Waals surface area contributed by atoms with E-state index in [-0.39, 0.29) is 0 Å². The minimum Gasteiger partial charge on any atom is -0.247 e. The maximum Gasteiger partial charge on any atom is 0.160 e. The lowest BCUT2D eigenvalue weighted by Gasteiger charge is -2.17. The van der Waals surface area contributed by atoms with Gasteiger partial charge in [-0.25, -0.2) is 15.0 Å². The lowest BCUT2D eigenvalue weighted by atomic mass is 9.89. The molecule has 2 heterocycles. The van der Waals surface area contributed by atoms with E-state index in [2.05, 4.69) is 188 Å². The zero-order valence-corrected chi connectivity index (χ0v) is 29.2. The highest BCUT2D eigenvalue weighted by molar-refractivity contribution is 6.33. The topological polar surface area (TPSA) is 38.7 Å². The largest absolute Gasteiger partial charge is 0.247 e. The molecule has 0 bridgehead atoms. The minimum absolute atomic E-state index is 0.693. The highest BCUT2D eigenvalue weighted by Crippen LogP contribution is 2.43. The summed E-state index contributed by atoms with van der Waals surface area (Å²) in [5.74, 6) is 0.693. The van der Waals surface area contributed by atoms with E-state index in [0.29, 0.717) is 5.82 Å². The Bertz CT molecular complexity index is 3190. The normalized spacial score (nSPS) is 11.7. The van der Waals surface area contributed by atoms with Crippen LogP contribution in [0.1, 0.15) is 0 Å². The molecule has 0 saturated heterocycles. The van der Waals surface area contributed by atoms with Gasteiger partial charge in [-0.15, -0.1) is 0 Å². The fraction of sp³-hybridized carbons (Fsp3) is 0.